The van der Waals surface area contributed by atoms with Crippen LogP contribution in [0.4, 0.5) is 5.69 Å². The highest BCUT2D eigenvalue weighted by Crippen LogP contribution is 2.30. The van der Waals surface area contributed by atoms with Crippen molar-refractivity contribution in [1.29, 1.82) is 0 Å². The standard InChI is InChI=1S/C25H34ClN3O5S/c1-6-18(3)27-25(31)21(7-2)28(16-19-12-8-9-13-20(19)26)24(30)17-29(35(5,32)33)22-14-10-11-15-23(22)34-4/h8-15,18,21H,6-7,16-17H2,1-5H3,(H,27,31)/t18-,21-/m0/s1. The summed E-state index contributed by atoms with van der Waals surface area (Å²) in [5, 5.41) is 3.38. The van der Waals surface area contributed by atoms with E-state index >= 15 is 0 Å². The Bertz CT molecular complexity index is 1130. The number of nitrogens with zero attached hydrogens (tertiary/aromatic N) is 2. The molecular formula is C25H34ClN3O5S. The number of hydrogen-bond donors (Lipinski definition) is 1. The highest BCUT2D eigenvalue weighted by Gasteiger charge is 2.33. The van der Waals surface area contributed by atoms with Gasteiger partial charge in [-0.05, 0) is 43.5 Å². The lowest BCUT2D eigenvalue weighted by Crippen LogP contribution is -2.53. The van der Waals surface area contributed by atoms with Gasteiger partial charge in [-0.1, -0.05) is 55.8 Å². The number of halogens is 1. The third kappa shape index (κ3) is 7.60. The Balaban J connectivity index is 2.49. The van der Waals surface area contributed by atoms with Crippen LogP contribution in [0.3, 0.4) is 0 Å². The molecule has 2 rings (SSSR count). The minimum absolute atomic E-state index is 0.0501. The van der Waals surface area contributed by atoms with Crippen LogP contribution in [-0.4, -0.2) is 57.1 Å². The number of carbonyl (C=O) groups excluding carboxylic acids is 2. The van der Waals surface area contributed by atoms with Gasteiger partial charge < -0.3 is 15.0 Å². The summed E-state index contributed by atoms with van der Waals surface area (Å²) in [5.74, 6) is -0.525. The van der Waals surface area contributed by atoms with Gasteiger partial charge in [0.05, 0.1) is 19.1 Å². The Kier molecular flexibility index (Phi) is 10.4. The summed E-state index contributed by atoms with van der Waals surface area (Å²) >= 11 is 6.36. The first-order valence-electron chi connectivity index (χ1n) is 11.5. The average Bonchev–Trinajstić information content (AvgIpc) is 2.82. The predicted octanol–water partition coefficient (Wildman–Crippen LogP) is 3.84. The Morgan fingerprint density at radius 3 is 2.26 bits per heavy atom. The van der Waals surface area contributed by atoms with Gasteiger partial charge >= 0.3 is 0 Å². The van der Waals surface area contributed by atoms with E-state index in [1.54, 1.807) is 48.5 Å². The Hall–Kier alpha value is -2.78. The van der Waals surface area contributed by atoms with E-state index < -0.39 is 28.5 Å². The molecule has 2 aromatic carbocycles. The van der Waals surface area contributed by atoms with Gasteiger partial charge in [-0.3, -0.25) is 13.9 Å². The number of sulfonamides is 1. The van der Waals surface area contributed by atoms with Crippen LogP contribution < -0.4 is 14.4 Å². The van der Waals surface area contributed by atoms with Gasteiger partial charge in [0.15, 0.2) is 0 Å². The van der Waals surface area contributed by atoms with Gasteiger partial charge in [0.2, 0.25) is 21.8 Å². The fraction of sp³-hybridized carbons (Fsp3) is 0.440. The molecule has 0 bridgehead atoms. The van der Waals surface area contributed by atoms with E-state index in [0.29, 0.717) is 22.8 Å². The molecule has 0 radical (unpaired) electrons. The fourth-order valence-corrected chi connectivity index (χ4v) is 4.65. The quantitative estimate of drug-likeness (QED) is 0.456. The Labute approximate surface area is 213 Å². The highest BCUT2D eigenvalue weighted by atomic mass is 35.5. The normalized spacial score (nSPS) is 13.0. The second-order valence-electron chi connectivity index (χ2n) is 8.30. The minimum Gasteiger partial charge on any atom is -0.495 e. The highest BCUT2D eigenvalue weighted by molar-refractivity contribution is 7.92. The van der Waals surface area contributed by atoms with Gasteiger partial charge in [0, 0.05) is 17.6 Å². The predicted molar refractivity (Wildman–Crippen MR) is 139 cm³/mol. The molecular weight excluding hydrogens is 490 g/mol. The van der Waals surface area contributed by atoms with Crippen LogP contribution in [0.15, 0.2) is 48.5 Å². The number of para-hydroxylation sites is 2. The van der Waals surface area contributed by atoms with Gasteiger partial charge in [0.1, 0.15) is 18.3 Å². The van der Waals surface area contributed by atoms with E-state index in [1.165, 1.54) is 12.0 Å². The molecule has 2 atom stereocenters. The Morgan fingerprint density at radius 2 is 1.69 bits per heavy atom. The first-order valence-corrected chi connectivity index (χ1v) is 13.7. The van der Waals surface area contributed by atoms with E-state index in [-0.39, 0.29) is 24.2 Å². The second kappa shape index (κ2) is 12.8. The van der Waals surface area contributed by atoms with Gasteiger partial charge in [-0.2, -0.15) is 0 Å². The van der Waals surface area contributed by atoms with Crippen molar-refractivity contribution in [1.82, 2.24) is 10.2 Å². The molecule has 0 fully saturated rings. The molecule has 0 aliphatic rings. The maximum Gasteiger partial charge on any atom is 0.244 e. The summed E-state index contributed by atoms with van der Waals surface area (Å²) in [7, 11) is -2.43. The van der Waals surface area contributed by atoms with Crippen LogP contribution >= 0.6 is 11.6 Å². The van der Waals surface area contributed by atoms with E-state index in [1.807, 2.05) is 20.8 Å². The zero-order chi connectivity index (χ0) is 26.2. The molecule has 2 amide bonds. The molecule has 0 unspecified atom stereocenters. The summed E-state index contributed by atoms with van der Waals surface area (Å²) in [5.41, 5.74) is 0.890. The van der Waals surface area contributed by atoms with Crippen molar-refractivity contribution in [2.45, 2.75) is 52.2 Å². The third-order valence-electron chi connectivity index (χ3n) is 5.72. The molecule has 35 heavy (non-hydrogen) atoms. The summed E-state index contributed by atoms with van der Waals surface area (Å²) in [4.78, 5) is 28.2. The number of rotatable bonds is 12. The lowest BCUT2D eigenvalue weighted by molar-refractivity contribution is -0.140. The number of methoxy groups -OCH3 is 1. The molecule has 10 heteroatoms. The summed E-state index contributed by atoms with van der Waals surface area (Å²) < 4.78 is 31.8. The molecule has 0 aliphatic heterocycles. The number of carbonyl (C=O) groups is 2. The Morgan fingerprint density at radius 1 is 1.06 bits per heavy atom. The maximum absolute atomic E-state index is 13.7. The lowest BCUT2D eigenvalue weighted by Gasteiger charge is -2.33. The summed E-state index contributed by atoms with van der Waals surface area (Å²) in [6, 6.07) is 12.7. The average molecular weight is 524 g/mol. The third-order valence-corrected chi connectivity index (χ3v) is 7.21. The molecule has 8 nitrogen and oxygen atoms in total. The van der Waals surface area contributed by atoms with Crippen molar-refractivity contribution in [3.8, 4) is 5.75 Å². The number of amides is 2. The topological polar surface area (TPSA) is 96.0 Å². The number of ether oxygens (including phenoxy) is 1. The zero-order valence-electron chi connectivity index (χ0n) is 20.8. The summed E-state index contributed by atoms with van der Waals surface area (Å²) in [6.07, 6.45) is 2.10. The van der Waals surface area contributed by atoms with E-state index in [9.17, 15) is 18.0 Å². The molecule has 2 aromatic rings. The summed E-state index contributed by atoms with van der Waals surface area (Å²) in [6.45, 7) is 5.20. The van der Waals surface area contributed by atoms with Crippen molar-refractivity contribution >= 4 is 39.1 Å². The van der Waals surface area contributed by atoms with Crippen LogP contribution in [0.5, 0.6) is 5.75 Å². The van der Waals surface area contributed by atoms with Crippen molar-refractivity contribution < 1.29 is 22.7 Å². The number of nitrogens with one attached hydrogen (secondary N) is 1. The van der Waals surface area contributed by atoms with Crippen LogP contribution in [0, 0.1) is 0 Å². The molecule has 0 aromatic heterocycles. The van der Waals surface area contributed by atoms with Crippen molar-refractivity contribution in [2.75, 3.05) is 24.2 Å². The van der Waals surface area contributed by atoms with E-state index in [2.05, 4.69) is 5.32 Å². The first-order chi connectivity index (χ1) is 16.5. The van der Waals surface area contributed by atoms with Gasteiger partial charge in [-0.25, -0.2) is 8.42 Å². The molecule has 1 N–H and O–H groups in total. The van der Waals surface area contributed by atoms with Gasteiger partial charge in [-0.15, -0.1) is 0 Å². The van der Waals surface area contributed by atoms with Crippen LogP contribution in [-0.2, 0) is 26.2 Å². The first kappa shape index (κ1) is 28.5. The molecule has 0 saturated heterocycles. The van der Waals surface area contributed by atoms with Crippen molar-refractivity contribution in [3.63, 3.8) is 0 Å². The monoisotopic (exact) mass is 523 g/mol. The number of anilines is 1. The van der Waals surface area contributed by atoms with Crippen LogP contribution in [0.2, 0.25) is 5.02 Å². The fourth-order valence-electron chi connectivity index (χ4n) is 3.60. The smallest absolute Gasteiger partial charge is 0.244 e. The lowest BCUT2D eigenvalue weighted by atomic mass is 10.1. The van der Waals surface area contributed by atoms with E-state index in [0.717, 1.165) is 17.0 Å². The SMILES string of the molecule is CC[C@H](C)NC(=O)[C@H](CC)N(Cc1ccccc1Cl)C(=O)CN(c1ccccc1OC)S(C)(=O)=O. The van der Waals surface area contributed by atoms with Crippen LogP contribution in [0.25, 0.3) is 0 Å². The molecule has 0 spiro atoms. The minimum atomic E-state index is -3.86. The number of hydrogen-bond acceptors (Lipinski definition) is 5. The van der Waals surface area contributed by atoms with Crippen LogP contribution in [0.1, 0.15) is 39.2 Å². The molecule has 0 heterocycles. The second-order valence-corrected chi connectivity index (χ2v) is 10.6. The van der Waals surface area contributed by atoms with Gasteiger partial charge in [0.25, 0.3) is 0 Å². The number of benzene rings is 2. The van der Waals surface area contributed by atoms with E-state index in [4.69, 9.17) is 16.3 Å². The van der Waals surface area contributed by atoms with Crippen molar-refractivity contribution in [3.05, 3.63) is 59.1 Å². The maximum atomic E-state index is 13.7. The zero-order valence-corrected chi connectivity index (χ0v) is 22.4. The molecule has 0 saturated carbocycles. The molecule has 0 aliphatic carbocycles. The molecule has 192 valence electrons. The van der Waals surface area contributed by atoms with Crippen molar-refractivity contribution in [2.24, 2.45) is 0 Å². The largest absolute Gasteiger partial charge is 0.495 e.